The first-order valence-electron chi connectivity index (χ1n) is 6.45. The molecule has 3 atom stereocenters. The SMILES string of the molecule is CN=S(C)(=O)c1cc(NC(=O)C2CCC(C)O2)ccn1. The summed E-state index contributed by atoms with van der Waals surface area (Å²) in [5, 5.41) is 3.13. The van der Waals surface area contributed by atoms with Crippen LogP contribution in [-0.4, -0.2) is 40.6 Å². The number of amides is 1. The normalized spacial score (nSPS) is 24.9. The molecule has 2 heterocycles. The van der Waals surface area contributed by atoms with Gasteiger partial charge in [0.05, 0.1) is 15.8 Å². The number of nitrogens with zero attached hydrogens (tertiary/aromatic N) is 2. The Morgan fingerprint density at radius 2 is 2.30 bits per heavy atom. The van der Waals surface area contributed by atoms with E-state index in [4.69, 9.17) is 4.74 Å². The van der Waals surface area contributed by atoms with E-state index in [1.807, 2.05) is 6.92 Å². The van der Waals surface area contributed by atoms with Gasteiger partial charge >= 0.3 is 0 Å². The molecule has 1 aromatic heterocycles. The van der Waals surface area contributed by atoms with Gasteiger partial charge in [0.1, 0.15) is 11.1 Å². The Labute approximate surface area is 119 Å². The largest absolute Gasteiger partial charge is 0.365 e. The number of aromatic nitrogens is 1. The van der Waals surface area contributed by atoms with Gasteiger partial charge in [0.2, 0.25) is 0 Å². The van der Waals surface area contributed by atoms with Crippen molar-refractivity contribution in [1.82, 2.24) is 4.98 Å². The van der Waals surface area contributed by atoms with Crippen molar-refractivity contribution >= 4 is 21.3 Å². The van der Waals surface area contributed by atoms with Crippen molar-refractivity contribution in [2.75, 3.05) is 18.6 Å². The van der Waals surface area contributed by atoms with Crippen molar-refractivity contribution in [3.8, 4) is 0 Å². The fraction of sp³-hybridized carbons (Fsp3) is 0.538. The molecular weight excluding hydrogens is 278 g/mol. The summed E-state index contributed by atoms with van der Waals surface area (Å²) in [5.74, 6) is -0.178. The molecule has 1 saturated heterocycles. The second kappa shape index (κ2) is 5.88. The molecule has 20 heavy (non-hydrogen) atoms. The van der Waals surface area contributed by atoms with E-state index in [1.165, 1.54) is 19.5 Å². The Morgan fingerprint density at radius 3 is 2.90 bits per heavy atom. The molecule has 1 aliphatic rings. The van der Waals surface area contributed by atoms with Crippen LogP contribution in [0.5, 0.6) is 0 Å². The molecular formula is C13H19N3O3S. The third-order valence-corrected chi connectivity index (χ3v) is 4.96. The van der Waals surface area contributed by atoms with Crippen LogP contribution in [0.3, 0.4) is 0 Å². The van der Waals surface area contributed by atoms with Crippen LogP contribution in [0.25, 0.3) is 0 Å². The number of rotatable bonds is 3. The van der Waals surface area contributed by atoms with Gasteiger partial charge in [-0.1, -0.05) is 0 Å². The lowest BCUT2D eigenvalue weighted by Crippen LogP contribution is -2.27. The van der Waals surface area contributed by atoms with Crippen molar-refractivity contribution in [3.05, 3.63) is 18.3 Å². The highest BCUT2D eigenvalue weighted by atomic mass is 32.2. The monoisotopic (exact) mass is 297 g/mol. The fourth-order valence-electron chi connectivity index (χ4n) is 2.01. The van der Waals surface area contributed by atoms with E-state index >= 15 is 0 Å². The Balaban J connectivity index is 2.13. The van der Waals surface area contributed by atoms with Gasteiger partial charge in [-0.15, -0.1) is 0 Å². The zero-order valence-corrected chi connectivity index (χ0v) is 12.6. The summed E-state index contributed by atoms with van der Waals surface area (Å²) in [7, 11) is -1.01. The van der Waals surface area contributed by atoms with Crippen molar-refractivity contribution in [3.63, 3.8) is 0 Å². The number of hydrogen-bond donors (Lipinski definition) is 1. The minimum absolute atomic E-state index is 0.118. The minimum atomic E-state index is -2.50. The second-order valence-electron chi connectivity index (χ2n) is 4.87. The lowest BCUT2D eigenvalue weighted by molar-refractivity contribution is -0.126. The summed E-state index contributed by atoms with van der Waals surface area (Å²) in [6, 6.07) is 3.25. The van der Waals surface area contributed by atoms with Gasteiger partial charge in [-0.05, 0) is 31.9 Å². The Kier molecular flexibility index (Phi) is 4.39. The molecule has 7 heteroatoms. The maximum atomic E-state index is 12.1. The molecule has 1 aromatic rings. The molecule has 6 nitrogen and oxygen atoms in total. The molecule has 1 aliphatic heterocycles. The third kappa shape index (κ3) is 3.34. The average Bonchev–Trinajstić information content (AvgIpc) is 2.86. The Bertz CT molecular complexity index is 623. The first-order chi connectivity index (χ1) is 9.42. The number of ether oxygens (including phenoxy) is 1. The quantitative estimate of drug-likeness (QED) is 0.920. The van der Waals surface area contributed by atoms with Gasteiger partial charge < -0.3 is 10.1 Å². The first kappa shape index (κ1) is 14.9. The van der Waals surface area contributed by atoms with Gasteiger partial charge in [-0.25, -0.2) is 13.6 Å². The number of carbonyl (C=O) groups excluding carboxylic acids is 1. The highest BCUT2D eigenvalue weighted by molar-refractivity contribution is 7.92. The first-order valence-corrected chi connectivity index (χ1v) is 8.37. The van der Waals surface area contributed by atoms with Gasteiger partial charge in [0, 0.05) is 25.2 Å². The van der Waals surface area contributed by atoms with Crippen molar-refractivity contribution in [1.29, 1.82) is 0 Å². The lowest BCUT2D eigenvalue weighted by atomic mass is 10.2. The summed E-state index contributed by atoms with van der Waals surface area (Å²) in [4.78, 5) is 16.1. The molecule has 0 radical (unpaired) electrons. The van der Waals surface area contributed by atoms with Crippen LogP contribution >= 0.6 is 0 Å². The van der Waals surface area contributed by atoms with Crippen LogP contribution in [0.15, 0.2) is 27.7 Å². The molecule has 1 N–H and O–H groups in total. The van der Waals surface area contributed by atoms with Crippen LogP contribution in [0.1, 0.15) is 19.8 Å². The number of nitrogens with one attached hydrogen (secondary N) is 1. The molecule has 0 bridgehead atoms. The standard InChI is InChI=1S/C13H19N3O3S/c1-9-4-5-11(19-9)13(17)16-10-6-7-15-12(8-10)20(3,18)14-2/h6-9,11H,4-5H2,1-3H3,(H,15,16,17). The smallest absolute Gasteiger partial charge is 0.253 e. The molecule has 110 valence electrons. The summed E-state index contributed by atoms with van der Waals surface area (Å²) in [6.07, 6.45) is 4.34. The Morgan fingerprint density at radius 1 is 1.55 bits per heavy atom. The number of anilines is 1. The van der Waals surface area contributed by atoms with Crippen molar-refractivity contribution < 1.29 is 13.7 Å². The highest BCUT2D eigenvalue weighted by Gasteiger charge is 2.28. The maximum Gasteiger partial charge on any atom is 0.253 e. The van der Waals surface area contributed by atoms with Crippen molar-refractivity contribution in [2.24, 2.45) is 4.36 Å². The summed E-state index contributed by atoms with van der Waals surface area (Å²) >= 11 is 0. The van der Waals surface area contributed by atoms with Crippen LogP contribution in [0.4, 0.5) is 5.69 Å². The molecule has 2 rings (SSSR count). The lowest BCUT2D eigenvalue weighted by Gasteiger charge is -2.12. The molecule has 3 unspecified atom stereocenters. The zero-order chi connectivity index (χ0) is 14.8. The molecule has 0 aliphatic carbocycles. The van der Waals surface area contributed by atoms with E-state index in [2.05, 4.69) is 14.7 Å². The zero-order valence-electron chi connectivity index (χ0n) is 11.8. The van der Waals surface area contributed by atoms with Gasteiger partial charge in [-0.2, -0.15) is 0 Å². The molecule has 1 amide bonds. The fourth-order valence-corrected chi connectivity index (χ4v) is 2.80. The molecule has 0 spiro atoms. The number of pyridine rings is 1. The van der Waals surface area contributed by atoms with E-state index in [9.17, 15) is 9.00 Å². The predicted molar refractivity (Wildman–Crippen MR) is 77.1 cm³/mol. The topological polar surface area (TPSA) is 80.7 Å². The van der Waals surface area contributed by atoms with Gasteiger partial charge in [0.15, 0.2) is 0 Å². The maximum absolute atomic E-state index is 12.1. The van der Waals surface area contributed by atoms with Gasteiger partial charge in [-0.3, -0.25) is 4.79 Å². The number of hydrogen-bond acceptors (Lipinski definition) is 5. The second-order valence-corrected chi connectivity index (χ2v) is 7.26. The van der Waals surface area contributed by atoms with Crippen LogP contribution in [0, 0.1) is 0 Å². The van der Waals surface area contributed by atoms with E-state index in [0.717, 1.165) is 12.8 Å². The summed E-state index contributed by atoms with van der Waals surface area (Å²) in [5.41, 5.74) is 0.557. The molecule has 0 saturated carbocycles. The average molecular weight is 297 g/mol. The minimum Gasteiger partial charge on any atom is -0.365 e. The Hall–Kier alpha value is -1.47. The van der Waals surface area contributed by atoms with Crippen LogP contribution in [0.2, 0.25) is 0 Å². The molecule has 1 fully saturated rings. The van der Waals surface area contributed by atoms with Crippen molar-refractivity contribution in [2.45, 2.75) is 37.0 Å². The van der Waals surface area contributed by atoms with E-state index in [-0.39, 0.29) is 12.0 Å². The number of carbonyl (C=O) groups is 1. The van der Waals surface area contributed by atoms with Gasteiger partial charge in [0.25, 0.3) is 5.91 Å². The third-order valence-electron chi connectivity index (χ3n) is 3.26. The van der Waals surface area contributed by atoms with Crippen LogP contribution in [-0.2, 0) is 19.3 Å². The molecule has 0 aromatic carbocycles. The van der Waals surface area contributed by atoms with E-state index in [0.29, 0.717) is 10.7 Å². The summed E-state index contributed by atoms with van der Waals surface area (Å²) in [6.45, 7) is 1.95. The van der Waals surface area contributed by atoms with E-state index < -0.39 is 15.8 Å². The summed E-state index contributed by atoms with van der Waals surface area (Å²) < 4.78 is 21.5. The van der Waals surface area contributed by atoms with Crippen LogP contribution < -0.4 is 5.32 Å². The highest BCUT2D eigenvalue weighted by Crippen LogP contribution is 2.21. The van der Waals surface area contributed by atoms with E-state index in [1.54, 1.807) is 12.1 Å². The predicted octanol–water partition coefficient (Wildman–Crippen LogP) is 1.67.